The Hall–Kier alpha value is -0.950. The van der Waals surface area contributed by atoms with Crippen LogP contribution in [0.5, 0.6) is 0 Å². The molecule has 0 aliphatic heterocycles. The fraction of sp³-hybridized carbons (Fsp3) is 0.889. The van der Waals surface area contributed by atoms with Crippen LogP contribution in [0.3, 0.4) is 0 Å². The van der Waals surface area contributed by atoms with E-state index in [2.05, 4.69) is 9.47 Å². The first-order valence-corrected chi connectivity index (χ1v) is 6.13. The summed E-state index contributed by atoms with van der Waals surface area (Å²) < 4.78 is 130. The summed E-state index contributed by atoms with van der Waals surface area (Å²) in [5, 5.41) is 0. The minimum Gasteiger partial charge on any atom is -0.434 e. The smallest absolute Gasteiger partial charge is 0.434 e. The fourth-order valence-corrected chi connectivity index (χ4v) is 1.11. The van der Waals surface area contributed by atoms with Gasteiger partial charge in [-0.15, -0.1) is 0 Å². The molecule has 0 fully saturated rings. The van der Waals surface area contributed by atoms with E-state index in [0.717, 1.165) is 0 Å². The van der Waals surface area contributed by atoms with E-state index in [1.165, 1.54) is 15.9 Å². The summed E-state index contributed by atoms with van der Waals surface area (Å²) in [6.07, 6.45) is -14.5. The van der Waals surface area contributed by atoms with Crippen molar-refractivity contribution in [2.75, 3.05) is 13.2 Å². The van der Waals surface area contributed by atoms with E-state index in [9.17, 15) is 48.7 Å². The van der Waals surface area contributed by atoms with Gasteiger partial charge in [-0.3, -0.25) is 0 Å². The van der Waals surface area contributed by atoms with Crippen LogP contribution < -0.4 is 0 Å². The molecule has 0 radical (unpaired) electrons. The van der Waals surface area contributed by atoms with Crippen molar-refractivity contribution < 1.29 is 58.2 Å². The summed E-state index contributed by atoms with van der Waals surface area (Å²) >= 11 is 1.36. The zero-order valence-electron chi connectivity index (χ0n) is 10.6. The van der Waals surface area contributed by atoms with Crippen LogP contribution in [0.1, 0.15) is 6.42 Å². The standard InChI is InChI=1S/C9H7BrF10O3/c10-9(19,20)7(14,15)1-2-22-5(21)23-3-6(12,13)4(11)8(16,17)18/h4H,1-3H2/t4-/m1/s1. The molecule has 23 heavy (non-hydrogen) atoms. The van der Waals surface area contributed by atoms with Crippen molar-refractivity contribution in [2.24, 2.45) is 0 Å². The average molecular weight is 433 g/mol. The molecule has 0 N–H and O–H groups in total. The number of carbonyl (C=O) groups is 1. The lowest BCUT2D eigenvalue weighted by Gasteiger charge is -2.22. The van der Waals surface area contributed by atoms with Crippen molar-refractivity contribution in [1.82, 2.24) is 0 Å². The van der Waals surface area contributed by atoms with E-state index >= 15 is 0 Å². The molecule has 14 heteroatoms. The van der Waals surface area contributed by atoms with Gasteiger partial charge in [0, 0.05) is 0 Å². The van der Waals surface area contributed by atoms with Crippen molar-refractivity contribution in [1.29, 1.82) is 0 Å². The van der Waals surface area contributed by atoms with Gasteiger partial charge in [0.15, 0.2) is 6.61 Å². The predicted octanol–water partition coefficient (Wildman–Crippen LogP) is 4.69. The molecule has 0 aromatic carbocycles. The maximum Gasteiger partial charge on any atom is 0.508 e. The second-order valence-corrected chi connectivity index (χ2v) is 5.00. The molecule has 3 nitrogen and oxygen atoms in total. The van der Waals surface area contributed by atoms with Gasteiger partial charge in [0.25, 0.3) is 6.17 Å². The SMILES string of the molecule is O=C(OCCC(F)(F)C(F)(F)Br)OCC(F)(F)[C@@H](F)C(F)(F)F. The van der Waals surface area contributed by atoms with Gasteiger partial charge in [-0.05, 0) is 15.9 Å². The van der Waals surface area contributed by atoms with Gasteiger partial charge in [0.2, 0.25) is 0 Å². The topological polar surface area (TPSA) is 35.5 Å². The number of hydrogen-bond acceptors (Lipinski definition) is 3. The highest BCUT2D eigenvalue weighted by Gasteiger charge is 2.57. The van der Waals surface area contributed by atoms with Crippen LogP contribution >= 0.6 is 15.9 Å². The third-order valence-corrected chi connectivity index (χ3v) is 2.67. The first kappa shape index (κ1) is 22.1. The Morgan fingerprint density at radius 3 is 1.83 bits per heavy atom. The zero-order valence-corrected chi connectivity index (χ0v) is 12.2. The number of alkyl halides is 11. The first-order valence-electron chi connectivity index (χ1n) is 5.33. The molecule has 0 aliphatic carbocycles. The van der Waals surface area contributed by atoms with Crippen LogP contribution in [-0.2, 0) is 9.47 Å². The van der Waals surface area contributed by atoms with Crippen LogP contribution in [0.25, 0.3) is 0 Å². The Morgan fingerprint density at radius 2 is 1.43 bits per heavy atom. The largest absolute Gasteiger partial charge is 0.508 e. The van der Waals surface area contributed by atoms with E-state index in [4.69, 9.17) is 0 Å². The highest BCUT2D eigenvalue weighted by Crippen LogP contribution is 2.41. The Balaban J connectivity index is 4.33. The predicted molar refractivity (Wildman–Crippen MR) is 56.6 cm³/mol. The van der Waals surface area contributed by atoms with Gasteiger partial charge >= 0.3 is 29.0 Å². The third kappa shape index (κ3) is 6.99. The van der Waals surface area contributed by atoms with E-state index in [0.29, 0.717) is 0 Å². The van der Waals surface area contributed by atoms with Crippen LogP contribution in [0.15, 0.2) is 0 Å². The van der Waals surface area contributed by atoms with E-state index in [-0.39, 0.29) is 0 Å². The van der Waals surface area contributed by atoms with Crippen molar-refractivity contribution >= 4 is 22.1 Å². The van der Waals surface area contributed by atoms with E-state index < -0.39 is 54.8 Å². The molecule has 0 saturated heterocycles. The van der Waals surface area contributed by atoms with Crippen LogP contribution in [0.4, 0.5) is 48.7 Å². The average Bonchev–Trinajstić information content (AvgIpc) is 2.33. The molecule has 0 unspecified atom stereocenters. The Bertz CT molecular complexity index is 405. The number of rotatable bonds is 7. The fourth-order valence-electron chi connectivity index (χ4n) is 0.914. The molecule has 1 atom stereocenters. The maximum absolute atomic E-state index is 12.7. The summed E-state index contributed by atoms with van der Waals surface area (Å²) in [4.78, 5) is 6.03. The van der Waals surface area contributed by atoms with E-state index in [1.54, 1.807) is 0 Å². The maximum atomic E-state index is 12.7. The summed E-state index contributed by atoms with van der Waals surface area (Å²) in [5.74, 6) is -9.82. The number of ether oxygens (including phenoxy) is 2. The normalized spacial score (nSPS) is 15.3. The number of hydrogen-bond donors (Lipinski definition) is 0. The lowest BCUT2D eigenvalue weighted by atomic mass is 10.2. The van der Waals surface area contributed by atoms with Crippen molar-refractivity contribution in [3.8, 4) is 0 Å². The Kier molecular flexibility index (Phi) is 7.00. The van der Waals surface area contributed by atoms with Crippen LogP contribution in [-0.4, -0.2) is 48.4 Å². The van der Waals surface area contributed by atoms with Gasteiger partial charge in [0.05, 0.1) is 6.42 Å². The second kappa shape index (κ2) is 7.30. The van der Waals surface area contributed by atoms with Gasteiger partial charge in [-0.25, -0.2) is 9.18 Å². The summed E-state index contributed by atoms with van der Waals surface area (Å²) in [6, 6.07) is 0. The number of halogens is 11. The van der Waals surface area contributed by atoms with Gasteiger partial charge in [-0.1, -0.05) is 0 Å². The molecule has 138 valence electrons. The van der Waals surface area contributed by atoms with Gasteiger partial charge < -0.3 is 9.47 Å². The van der Waals surface area contributed by atoms with Crippen LogP contribution in [0.2, 0.25) is 0 Å². The van der Waals surface area contributed by atoms with Gasteiger partial charge in [0.1, 0.15) is 6.61 Å². The third-order valence-electron chi connectivity index (χ3n) is 2.09. The molecule has 0 bridgehead atoms. The van der Waals surface area contributed by atoms with Crippen molar-refractivity contribution in [3.05, 3.63) is 0 Å². The Morgan fingerprint density at radius 1 is 0.957 bits per heavy atom. The van der Waals surface area contributed by atoms with Crippen molar-refractivity contribution in [3.63, 3.8) is 0 Å². The van der Waals surface area contributed by atoms with E-state index in [1.807, 2.05) is 0 Å². The zero-order chi connectivity index (χ0) is 18.7. The molecular weight excluding hydrogens is 426 g/mol. The summed E-state index contributed by atoms with van der Waals surface area (Å²) in [7, 11) is 0. The lowest BCUT2D eigenvalue weighted by molar-refractivity contribution is -0.252. The highest BCUT2D eigenvalue weighted by molar-refractivity contribution is 9.10. The van der Waals surface area contributed by atoms with Crippen molar-refractivity contribution in [2.45, 2.75) is 35.4 Å². The molecule has 0 rings (SSSR count). The molecule has 0 aromatic rings. The molecule has 0 heterocycles. The first-order chi connectivity index (χ1) is 10.0. The molecule has 0 aromatic heterocycles. The summed E-state index contributed by atoms with van der Waals surface area (Å²) in [6.45, 7) is -3.81. The monoisotopic (exact) mass is 432 g/mol. The van der Waals surface area contributed by atoms with Crippen LogP contribution in [0, 0.1) is 0 Å². The highest BCUT2D eigenvalue weighted by atomic mass is 79.9. The molecular formula is C9H7BrF10O3. The minimum atomic E-state index is -5.93. The Labute approximate surface area is 130 Å². The molecule has 0 saturated carbocycles. The lowest BCUT2D eigenvalue weighted by Crippen LogP contribution is -2.45. The second-order valence-electron chi connectivity index (χ2n) is 4.00. The molecule has 0 amide bonds. The minimum absolute atomic E-state index is 1.36. The number of carbonyl (C=O) groups excluding carboxylic acids is 1. The molecule has 0 aliphatic rings. The molecule has 0 spiro atoms. The quantitative estimate of drug-likeness (QED) is 0.332. The summed E-state index contributed by atoms with van der Waals surface area (Å²) in [5.41, 5.74) is 0. The van der Waals surface area contributed by atoms with Gasteiger partial charge in [-0.2, -0.15) is 39.5 Å².